The largest absolute Gasteiger partial charge is 0.444 e. The van der Waals surface area contributed by atoms with Gasteiger partial charge < -0.3 is 14.8 Å². The lowest BCUT2D eigenvalue weighted by Crippen LogP contribution is -2.42. The average Bonchev–Trinajstić information content (AvgIpc) is 2.25. The van der Waals surface area contributed by atoms with Crippen molar-refractivity contribution in [2.75, 3.05) is 19.8 Å². The summed E-state index contributed by atoms with van der Waals surface area (Å²) in [6, 6.07) is 2.29. The van der Waals surface area contributed by atoms with Crippen molar-refractivity contribution in [3.63, 3.8) is 0 Å². The van der Waals surface area contributed by atoms with Crippen molar-refractivity contribution in [2.45, 2.75) is 39.2 Å². The van der Waals surface area contributed by atoms with Crippen molar-refractivity contribution in [3.8, 4) is 6.07 Å². The maximum atomic E-state index is 11.5. The molecule has 1 N–H and O–H groups in total. The average molecular weight is 240 g/mol. The van der Waals surface area contributed by atoms with Crippen LogP contribution in [-0.4, -0.2) is 31.5 Å². The SMILES string of the molecule is CC(C)(C)OC(=O)NCC1(C#N)CCOCC1. The number of carbonyl (C=O) groups is 1. The van der Waals surface area contributed by atoms with E-state index in [1.54, 1.807) is 20.8 Å². The van der Waals surface area contributed by atoms with Crippen LogP contribution in [0.1, 0.15) is 33.6 Å². The van der Waals surface area contributed by atoms with Crippen LogP contribution in [-0.2, 0) is 9.47 Å². The third-order valence-electron chi connectivity index (χ3n) is 2.66. The molecule has 1 heterocycles. The molecular weight excluding hydrogens is 220 g/mol. The summed E-state index contributed by atoms with van der Waals surface area (Å²) in [6.07, 6.45) is 0.831. The van der Waals surface area contributed by atoms with Gasteiger partial charge in [0.2, 0.25) is 0 Å². The smallest absolute Gasteiger partial charge is 0.407 e. The number of alkyl carbamates (subject to hydrolysis) is 1. The molecule has 1 aliphatic heterocycles. The molecule has 0 aromatic heterocycles. The van der Waals surface area contributed by atoms with Crippen LogP contribution in [0.5, 0.6) is 0 Å². The molecule has 1 fully saturated rings. The summed E-state index contributed by atoms with van der Waals surface area (Å²) in [5.41, 5.74) is -1.02. The highest BCUT2D eigenvalue weighted by Gasteiger charge is 2.33. The Morgan fingerprint density at radius 2 is 2.06 bits per heavy atom. The molecule has 1 saturated heterocycles. The van der Waals surface area contributed by atoms with Gasteiger partial charge in [0.1, 0.15) is 5.60 Å². The summed E-state index contributed by atoms with van der Waals surface area (Å²) in [6.45, 7) is 6.89. The van der Waals surface area contributed by atoms with E-state index in [4.69, 9.17) is 9.47 Å². The zero-order valence-electron chi connectivity index (χ0n) is 10.7. The third-order valence-corrected chi connectivity index (χ3v) is 2.66. The topological polar surface area (TPSA) is 71.3 Å². The highest BCUT2D eigenvalue weighted by atomic mass is 16.6. The van der Waals surface area contributed by atoms with Crippen LogP contribution in [0.15, 0.2) is 0 Å². The van der Waals surface area contributed by atoms with Crippen molar-refractivity contribution in [3.05, 3.63) is 0 Å². The van der Waals surface area contributed by atoms with Gasteiger partial charge in [-0.1, -0.05) is 0 Å². The molecule has 5 nitrogen and oxygen atoms in total. The molecule has 0 unspecified atom stereocenters. The van der Waals surface area contributed by atoms with E-state index in [1.165, 1.54) is 0 Å². The normalized spacial score (nSPS) is 19.2. The quantitative estimate of drug-likeness (QED) is 0.799. The molecule has 0 aromatic rings. The van der Waals surface area contributed by atoms with Gasteiger partial charge in [-0.2, -0.15) is 5.26 Å². The number of ether oxygens (including phenoxy) is 2. The summed E-state index contributed by atoms with van der Waals surface area (Å²) >= 11 is 0. The van der Waals surface area contributed by atoms with Crippen LogP contribution in [0.3, 0.4) is 0 Å². The number of hydrogen-bond acceptors (Lipinski definition) is 4. The van der Waals surface area contributed by atoms with E-state index in [2.05, 4.69) is 11.4 Å². The zero-order valence-corrected chi connectivity index (χ0v) is 10.7. The Labute approximate surface area is 102 Å². The summed E-state index contributed by atoms with van der Waals surface area (Å²) in [5, 5.41) is 11.9. The molecule has 96 valence electrons. The molecule has 0 bridgehead atoms. The second kappa shape index (κ2) is 5.37. The Bertz CT molecular complexity index is 309. The first-order valence-corrected chi connectivity index (χ1v) is 5.83. The van der Waals surface area contributed by atoms with Gasteiger partial charge in [0.05, 0.1) is 11.5 Å². The number of amides is 1. The minimum absolute atomic E-state index is 0.321. The van der Waals surface area contributed by atoms with Crippen LogP contribution in [0.2, 0.25) is 0 Å². The molecule has 0 spiro atoms. The van der Waals surface area contributed by atoms with Crippen LogP contribution < -0.4 is 5.32 Å². The summed E-state index contributed by atoms with van der Waals surface area (Å²) in [4.78, 5) is 11.5. The van der Waals surface area contributed by atoms with Crippen molar-refractivity contribution < 1.29 is 14.3 Å². The molecule has 1 rings (SSSR count). The van der Waals surface area contributed by atoms with Gasteiger partial charge in [0.25, 0.3) is 0 Å². The molecule has 0 atom stereocenters. The van der Waals surface area contributed by atoms with Gasteiger partial charge in [0.15, 0.2) is 0 Å². The minimum Gasteiger partial charge on any atom is -0.444 e. The maximum absolute atomic E-state index is 11.5. The lowest BCUT2D eigenvalue weighted by atomic mass is 9.82. The Morgan fingerprint density at radius 1 is 1.47 bits per heavy atom. The molecular formula is C12H20N2O3. The van der Waals surface area contributed by atoms with Gasteiger partial charge in [-0.25, -0.2) is 4.79 Å². The van der Waals surface area contributed by atoms with Crippen LogP contribution in [0.25, 0.3) is 0 Å². The predicted molar refractivity (Wildman–Crippen MR) is 62.3 cm³/mol. The van der Waals surface area contributed by atoms with Crippen molar-refractivity contribution in [1.82, 2.24) is 5.32 Å². The van der Waals surface area contributed by atoms with E-state index < -0.39 is 17.1 Å². The number of nitriles is 1. The monoisotopic (exact) mass is 240 g/mol. The van der Waals surface area contributed by atoms with E-state index in [0.717, 1.165) is 0 Å². The lowest BCUT2D eigenvalue weighted by Gasteiger charge is -2.31. The highest BCUT2D eigenvalue weighted by molar-refractivity contribution is 5.67. The van der Waals surface area contributed by atoms with Crippen LogP contribution in [0.4, 0.5) is 4.79 Å². The molecule has 1 aliphatic rings. The van der Waals surface area contributed by atoms with Crippen molar-refractivity contribution >= 4 is 6.09 Å². The first-order valence-electron chi connectivity index (χ1n) is 5.83. The van der Waals surface area contributed by atoms with Crippen LogP contribution in [0, 0.1) is 16.7 Å². The van der Waals surface area contributed by atoms with Gasteiger partial charge in [-0.15, -0.1) is 0 Å². The fourth-order valence-corrected chi connectivity index (χ4v) is 1.65. The molecule has 1 amide bonds. The van der Waals surface area contributed by atoms with E-state index >= 15 is 0 Å². The molecule has 0 aliphatic carbocycles. The first-order chi connectivity index (χ1) is 7.87. The van der Waals surface area contributed by atoms with E-state index in [0.29, 0.717) is 32.6 Å². The number of rotatable bonds is 2. The maximum Gasteiger partial charge on any atom is 0.407 e. The molecule has 0 saturated carbocycles. The molecule has 17 heavy (non-hydrogen) atoms. The number of carbonyl (C=O) groups excluding carboxylic acids is 1. The molecule has 0 aromatic carbocycles. The van der Waals surface area contributed by atoms with Crippen molar-refractivity contribution in [1.29, 1.82) is 5.26 Å². The fourth-order valence-electron chi connectivity index (χ4n) is 1.65. The Balaban J connectivity index is 2.43. The lowest BCUT2D eigenvalue weighted by molar-refractivity contribution is 0.0310. The summed E-state index contributed by atoms with van der Waals surface area (Å²) < 4.78 is 10.3. The highest BCUT2D eigenvalue weighted by Crippen LogP contribution is 2.28. The number of nitrogens with zero attached hydrogens (tertiary/aromatic N) is 1. The molecule has 0 radical (unpaired) electrons. The summed E-state index contributed by atoms with van der Waals surface area (Å²) in [7, 11) is 0. The molecule has 5 heteroatoms. The standard InChI is InChI=1S/C12H20N2O3/c1-11(2,3)17-10(15)14-9-12(8-13)4-6-16-7-5-12/h4-7,9H2,1-3H3,(H,14,15). The summed E-state index contributed by atoms with van der Waals surface area (Å²) in [5.74, 6) is 0. The first kappa shape index (κ1) is 13.8. The van der Waals surface area contributed by atoms with Gasteiger partial charge in [-0.05, 0) is 33.6 Å². The van der Waals surface area contributed by atoms with Gasteiger partial charge in [-0.3, -0.25) is 0 Å². The van der Waals surface area contributed by atoms with E-state index in [1.807, 2.05) is 0 Å². The third kappa shape index (κ3) is 4.61. The Morgan fingerprint density at radius 3 is 2.53 bits per heavy atom. The van der Waals surface area contributed by atoms with Gasteiger partial charge in [0, 0.05) is 19.8 Å². The van der Waals surface area contributed by atoms with Gasteiger partial charge >= 0.3 is 6.09 Å². The predicted octanol–water partition coefficient (Wildman–Crippen LogP) is 1.83. The minimum atomic E-state index is -0.514. The van der Waals surface area contributed by atoms with E-state index in [-0.39, 0.29) is 0 Å². The second-order valence-electron chi connectivity index (χ2n) is 5.36. The van der Waals surface area contributed by atoms with E-state index in [9.17, 15) is 10.1 Å². The fraction of sp³-hybridized carbons (Fsp3) is 0.833. The number of hydrogen-bond donors (Lipinski definition) is 1. The Hall–Kier alpha value is -1.28. The second-order valence-corrected chi connectivity index (χ2v) is 5.36. The number of nitrogens with one attached hydrogen (secondary N) is 1. The zero-order chi connectivity index (χ0) is 12.9. The van der Waals surface area contributed by atoms with Crippen molar-refractivity contribution in [2.24, 2.45) is 5.41 Å². The van der Waals surface area contributed by atoms with Crippen LogP contribution >= 0.6 is 0 Å². The Kier molecular flexibility index (Phi) is 4.35.